The first-order valence-corrected chi connectivity index (χ1v) is 9.46. The number of hydrogen-bond donors (Lipinski definition) is 1. The van der Waals surface area contributed by atoms with Crippen LogP contribution in [0.15, 0.2) is 55.0 Å². The van der Waals surface area contributed by atoms with Crippen LogP contribution >= 0.6 is 0 Å². The van der Waals surface area contributed by atoms with Crippen LogP contribution in [0.5, 0.6) is 11.6 Å². The van der Waals surface area contributed by atoms with E-state index in [9.17, 15) is 13.2 Å². The zero-order chi connectivity index (χ0) is 21.0. The van der Waals surface area contributed by atoms with Crippen LogP contribution in [-0.2, 0) is 10.9 Å². The lowest BCUT2D eigenvalue weighted by Crippen LogP contribution is -2.16. The molecular weight excluding hydrogens is 397 g/mol. The zero-order valence-electron chi connectivity index (χ0n) is 15.9. The van der Waals surface area contributed by atoms with Crippen molar-refractivity contribution in [1.82, 2.24) is 15.0 Å². The van der Waals surface area contributed by atoms with Crippen LogP contribution in [0.1, 0.15) is 30.0 Å². The minimum Gasteiger partial charge on any atom is -0.437 e. The molecule has 0 bridgehead atoms. The Kier molecular flexibility index (Phi) is 5.80. The van der Waals surface area contributed by atoms with Crippen molar-refractivity contribution in [3.8, 4) is 11.6 Å². The van der Waals surface area contributed by atoms with Gasteiger partial charge < -0.3 is 14.8 Å². The number of ether oxygens (including phenoxy) is 2. The molecule has 9 heteroatoms. The van der Waals surface area contributed by atoms with Gasteiger partial charge in [-0.05, 0) is 49.2 Å². The highest BCUT2D eigenvalue weighted by Gasteiger charge is 2.30. The quantitative estimate of drug-likeness (QED) is 0.607. The Morgan fingerprint density at radius 3 is 2.33 bits per heavy atom. The number of halogens is 3. The molecule has 3 heterocycles. The minimum absolute atomic E-state index is 0.245. The number of pyridine rings is 1. The number of benzene rings is 1. The summed E-state index contributed by atoms with van der Waals surface area (Å²) in [6, 6.07) is 9.26. The van der Waals surface area contributed by atoms with Gasteiger partial charge in [-0.15, -0.1) is 0 Å². The summed E-state index contributed by atoms with van der Waals surface area (Å²) >= 11 is 0. The Balaban J connectivity index is 1.43. The molecule has 0 aliphatic carbocycles. The molecule has 6 nitrogen and oxygen atoms in total. The maximum absolute atomic E-state index is 12.6. The lowest BCUT2D eigenvalue weighted by Gasteiger charge is -2.22. The van der Waals surface area contributed by atoms with Gasteiger partial charge in [0, 0.05) is 43.4 Å². The summed E-state index contributed by atoms with van der Waals surface area (Å²) in [5.41, 5.74) is 0.691. The van der Waals surface area contributed by atoms with Gasteiger partial charge in [0.05, 0.1) is 5.56 Å². The van der Waals surface area contributed by atoms with Gasteiger partial charge in [0.1, 0.15) is 17.3 Å². The molecule has 1 fully saturated rings. The summed E-state index contributed by atoms with van der Waals surface area (Å²) < 4.78 is 49.2. The van der Waals surface area contributed by atoms with Gasteiger partial charge in [-0.25, -0.2) is 9.97 Å². The van der Waals surface area contributed by atoms with E-state index in [0.717, 1.165) is 30.8 Å². The topological polar surface area (TPSA) is 69.2 Å². The van der Waals surface area contributed by atoms with E-state index >= 15 is 0 Å². The second-order valence-electron chi connectivity index (χ2n) is 6.81. The highest BCUT2D eigenvalue weighted by Crippen LogP contribution is 2.33. The molecule has 1 N–H and O–H groups in total. The molecule has 0 unspecified atom stereocenters. The fourth-order valence-corrected chi connectivity index (χ4v) is 3.17. The fraction of sp³-hybridized carbons (Fsp3) is 0.286. The van der Waals surface area contributed by atoms with E-state index in [0.29, 0.717) is 36.3 Å². The summed E-state index contributed by atoms with van der Waals surface area (Å²) in [4.78, 5) is 12.6. The third-order valence-corrected chi connectivity index (χ3v) is 4.73. The Morgan fingerprint density at radius 1 is 0.933 bits per heavy atom. The predicted octanol–water partition coefficient (Wildman–Crippen LogP) is 5.32. The van der Waals surface area contributed by atoms with Crippen molar-refractivity contribution in [3.05, 3.63) is 66.2 Å². The summed E-state index contributed by atoms with van der Waals surface area (Å²) in [5, 5.41) is 2.96. The second kappa shape index (κ2) is 8.66. The van der Waals surface area contributed by atoms with Gasteiger partial charge >= 0.3 is 6.18 Å². The highest BCUT2D eigenvalue weighted by atomic mass is 19.4. The first-order valence-electron chi connectivity index (χ1n) is 9.46. The number of anilines is 2. The number of nitrogens with zero attached hydrogens (tertiary/aromatic N) is 3. The van der Waals surface area contributed by atoms with Crippen LogP contribution in [0.4, 0.5) is 24.7 Å². The third-order valence-electron chi connectivity index (χ3n) is 4.73. The minimum atomic E-state index is -4.41. The molecule has 2 aromatic heterocycles. The standard InChI is InChI=1S/C21H19F3N4O2/c22-21(23,24)15-1-6-18(27-13-15)28-16-2-4-17(5-3-16)30-20-19(25-9-10-26-20)14-7-11-29-12-8-14/h1-6,9-10,13-14H,7-8,11-12H2,(H,27,28). The molecule has 1 aliphatic rings. The molecular formula is C21H19F3N4O2. The van der Waals surface area contributed by atoms with E-state index in [-0.39, 0.29) is 5.92 Å². The average Bonchev–Trinajstić information content (AvgIpc) is 2.76. The van der Waals surface area contributed by atoms with E-state index < -0.39 is 11.7 Å². The van der Waals surface area contributed by atoms with Crippen LogP contribution in [-0.4, -0.2) is 28.2 Å². The average molecular weight is 416 g/mol. The molecule has 156 valence electrons. The van der Waals surface area contributed by atoms with Crippen molar-refractivity contribution in [1.29, 1.82) is 0 Å². The number of hydrogen-bond acceptors (Lipinski definition) is 6. The molecule has 0 spiro atoms. The summed E-state index contributed by atoms with van der Waals surface area (Å²) in [7, 11) is 0. The molecule has 1 saturated heterocycles. The lowest BCUT2D eigenvalue weighted by atomic mass is 9.96. The molecule has 4 rings (SSSR count). The van der Waals surface area contributed by atoms with Crippen molar-refractivity contribution in [2.75, 3.05) is 18.5 Å². The smallest absolute Gasteiger partial charge is 0.417 e. The van der Waals surface area contributed by atoms with Gasteiger partial charge in [0.15, 0.2) is 0 Å². The third kappa shape index (κ3) is 4.85. The van der Waals surface area contributed by atoms with E-state index in [1.54, 1.807) is 36.7 Å². The Bertz CT molecular complexity index is 973. The molecule has 0 radical (unpaired) electrons. The lowest BCUT2D eigenvalue weighted by molar-refractivity contribution is -0.137. The Hall–Kier alpha value is -3.20. The molecule has 1 aromatic carbocycles. The van der Waals surface area contributed by atoms with Gasteiger partial charge in [-0.3, -0.25) is 4.98 Å². The molecule has 30 heavy (non-hydrogen) atoms. The maximum Gasteiger partial charge on any atom is 0.417 e. The van der Waals surface area contributed by atoms with Crippen molar-refractivity contribution in [2.24, 2.45) is 0 Å². The van der Waals surface area contributed by atoms with E-state index in [1.807, 2.05) is 0 Å². The fourth-order valence-electron chi connectivity index (χ4n) is 3.17. The van der Waals surface area contributed by atoms with Crippen molar-refractivity contribution in [2.45, 2.75) is 24.9 Å². The first-order chi connectivity index (χ1) is 14.5. The highest BCUT2D eigenvalue weighted by molar-refractivity contribution is 5.57. The number of nitrogens with one attached hydrogen (secondary N) is 1. The zero-order valence-corrected chi connectivity index (χ0v) is 15.9. The summed E-state index contributed by atoms with van der Waals surface area (Å²) in [6.07, 6.45) is 1.38. The van der Waals surface area contributed by atoms with E-state index in [1.165, 1.54) is 6.07 Å². The van der Waals surface area contributed by atoms with E-state index in [4.69, 9.17) is 9.47 Å². The second-order valence-corrected chi connectivity index (χ2v) is 6.81. The van der Waals surface area contributed by atoms with Crippen LogP contribution in [0.3, 0.4) is 0 Å². The van der Waals surface area contributed by atoms with Crippen LogP contribution in [0.25, 0.3) is 0 Å². The molecule has 0 saturated carbocycles. The normalized spacial score (nSPS) is 15.0. The summed E-state index contributed by atoms with van der Waals surface area (Å²) in [5.74, 6) is 1.60. The van der Waals surface area contributed by atoms with Gasteiger partial charge in [-0.2, -0.15) is 13.2 Å². The van der Waals surface area contributed by atoms with Crippen LogP contribution in [0.2, 0.25) is 0 Å². The molecule has 0 amide bonds. The number of rotatable bonds is 5. The summed E-state index contributed by atoms with van der Waals surface area (Å²) in [6.45, 7) is 1.39. The predicted molar refractivity (Wildman–Crippen MR) is 104 cm³/mol. The number of aromatic nitrogens is 3. The van der Waals surface area contributed by atoms with Crippen molar-refractivity contribution >= 4 is 11.5 Å². The van der Waals surface area contributed by atoms with Gasteiger partial charge in [-0.1, -0.05) is 0 Å². The van der Waals surface area contributed by atoms with Gasteiger partial charge in [0.2, 0.25) is 5.88 Å². The largest absolute Gasteiger partial charge is 0.437 e. The molecule has 3 aromatic rings. The van der Waals surface area contributed by atoms with Crippen LogP contribution in [0, 0.1) is 0 Å². The van der Waals surface area contributed by atoms with E-state index in [2.05, 4.69) is 20.3 Å². The number of alkyl halides is 3. The Morgan fingerprint density at radius 2 is 1.67 bits per heavy atom. The van der Waals surface area contributed by atoms with Crippen molar-refractivity contribution < 1.29 is 22.6 Å². The van der Waals surface area contributed by atoms with Crippen molar-refractivity contribution in [3.63, 3.8) is 0 Å². The van der Waals surface area contributed by atoms with Gasteiger partial charge in [0.25, 0.3) is 0 Å². The van der Waals surface area contributed by atoms with Crippen LogP contribution < -0.4 is 10.1 Å². The maximum atomic E-state index is 12.6. The molecule has 0 atom stereocenters. The SMILES string of the molecule is FC(F)(F)c1ccc(Nc2ccc(Oc3nccnc3C3CCOCC3)cc2)nc1. The monoisotopic (exact) mass is 416 g/mol. The Labute approximate surface area is 171 Å². The molecule has 1 aliphatic heterocycles. The first kappa shape index (κ1) is 20.1.